The Morgan fingerprint density at radius 1 is 0.304 bits per heavy atom. The molecule has 0 aliphatic carbocycles. The summed E-state index contributed by atoms with van der Waals surface area (Å²) in [5, 5.41) is 9.48. The smallest absolute Gasteiger partial charge is 0.143 e. The van der Waals surface area contributed by atoms with Crippen molar-refractivity contribution in [3.63, 3.8) is 0 Å². The van der Waals surface area contributed by atoms with E-state index in [1.807, 2.05) is 6.07 Å². The number of furan rings is 1. The quantitative estimate of drug-likeness (QED) is 0.160. The summed E-state index contributed by atoms with van der Waals surface area (Å²) in [5.41, 5.74) is 12.3. The molecular formula is C54H35NO. The van der Waals surface area contributed by atoms with Gasteiger partial charge >= 0.3 is 0 Å². The maximum Gasteiger partial charge on any atom is 0.143 e. The van der Waals surface area contributed by atoms with E-state index in [1.165, 1.54) is 54.9 Å². The van der Waals surface area contributed by atoms with Crippen LogP contribution >= 0.6 is 0 Å². The van der Waals surface area contributed by atoms with E-state index >= 15 is 0 Å². The summed E-state index contributed by atoms with van der Waals surface area (Å²) < 4.78 is 6.54. The number of anilines is 3. The fourth-order valence-corrected chi connectivity index (χ4v) is 8.62. The van der Waals surface area contributed by atoms with Crippen molar-refractivity contribution in [1.29, 1.82) is 0 Å². The highest BCUT2D eigenvalue weighted by Crippen LogP contribution is 2.46. The van der Waals surface area contributed by atoms with Crippen molar-refractivity contribution < 1.29 is 4.42 Å². The van der Waals surface area contributed by atoms with Gasteiger partial charge in [-0.05, 0) is 97.4 Å². The maximum absolute atomic E-state index is 6.54. The number of para-hydroxylation sites is 1. The third-order valence-electron chi connectivity index (χ3n) is 11.3. The molecule has 11 aromatic rings. The monoisotopic (exact) mass is 713 g/mol. The second-order valence-corrected chi connectivity index (χ2v) is 14.4. The maximum atomic E-state index is 6.54. The van der Waals surface area contributed by atoms with E-state index in [9.17, 15) is 0 Å². The summed E-state index contributed by atoms with van der Waals surface area (Å²) in [7, 11) is 0. The van der Waals surface area contributed by atoms with Crippen LogP contribution in [-0.4, -0.2) is 0 Å². The lowest BCUT2D eigenvalue weighted by atomic mass is 9.93. The molecule has 10 aromatic carbocycles. The van der Waals surface area contributed by atoms with E-state index in [4.69, 9.17) is 4.42 Å². The van der Waals surface area contributed by atoms with Gasteiger partial charge in [0.1, 0.15) is 11.2 Å². The molecule has 0 saturated carbocycles. The highest BCUT2D eigenvalue weighted by molar-refractivity contribution is 6.20. The van der Waals surface area contributed by atoms with Gasteiger partial charge in [0.25, 0.3) is 0 Å². The second kappa shape index (κ2) is 13.2. The lowest BCUT2D eigenvalue weighted by molar-refractivity contribution is 0.672. The van der Waals surface area contributed by atoms with Gasteiger partial charge in [-0.2, -0.15) is 0 Å². The molecule has 0 bridgehead atoms. The molecule has 2 nitrogen and oxygen atoms in total. The minimum atomic E-state index is 0.893. The molecule has 0 amide bonds. The zero-order valence-corrected chi connectivity index (χ0v) is 30.6. The summed E-state index contributed by atoms with van der Waals surface area (Å²) in [6.07, 6.45) is 0. The van der Waals surface area contributed by atoms with Crippen LogP contribution in [0.3, 0.4) is 0 Å². The topological polar surface area (TPSA) is 16.4 Å². The zero-order chi connectivity index (χ0) is 37.0. The number of fused-ring (bicyclic) bond motifs is 8. The molecule has 2 heteroatoms. The zero-order valence-electron chi connectivity index (χ0n) is 30.6. The third-order valence-corrected chi connectivity index (χ3v) is 11.3. The van der Waals surface area contributed by atoms with Gasteiger partial charge in [-0.15, -0.1) is 0 Å². The highest BCUT2D eigenvalue weighted by Gasteiger charge is 2.21. The van der Waals surface area contributed by atoms with Crippen LogP contribution in [0.1, 0.15) is 0 Å². The molecular weight excluding hydrogens is 679 g/mol. The number of rotatable bonds is 6. The Labute approximate surface area is 325 Å². The number of benzene rings is 10. The first-order valence-electron chi connectivity index (χ1n) is 19.2. The van der Waals surface area contributed by atoms with Crippen molar-refractivity contribution in [2.45, 2.75) is 0 Å². The van der Waals surface area contributed by atoms with E-state index in [2.05, 4.69) is 211 Å². The SMILES string of the molecule is c1ccc(-c2ccccc2-c2ccc(N(c3ccc(-c4cc5ccccc5c5ccccc45)cc3)c3cc4c5ccccc5oc4c4ccccc34)cc2)cc1. The lowest BCUT2D eigenvalue weighted by Gasteiger charge is -2.27. The van der Waals surface area contributed by atoms with E-state index in [0.717, 1.165) is 49.8 Å². The standard InChI is InChI=1S/C54H35NO/c1-2-14-36(15-3-1)42-17-6-7-18-43(42)37-26-30-40(31-27-37)55(52-35-51-48-23-12-13-25-53(48)56-54(51)49-24-11-10-22-47(49)52)41-32-28-38(29-33-41)50-34-39-16-4-5-19-44(39)45-20-8-9-21-46(45)50/h1-35H. The van der Waals surface area contributed by atoms with Crippen LogP contribution in [0.5, 0.6) is 0 Å². The average Bonchev–Trinajstić information content (AvgIpc) is 3.66. The average molecular weight is 714 g/mol. The fraction of sp³-hybridized carbons (Fsp3) is 0. The predicted octanol–water partition coefficient (Wildman–Crippen LogP) is 15.5. The van der Waals surface area contributed by atoms with Crippen molar-refractivity contribution >= 4 is 71.3 Å². The van der Waals surface area contributed by atoms with Gasteiger partial charge < -0.3 is 9.32 Å². The summed E-state index contributed by atoms with van der Waals surface area (Å²) in [4.78, 5) is 2.40. The molecule has 0 aliphatic heterocycles. The lowest BCUT2D eigenvalue weighted by Crippen LogP contribution is -2.10. The molecule has 0 spiro atoms. The van der Waals surface area contributed by atoms with E-state index in [0.29, 0.717) is 0 Å². The summed E-state index contributed by atoms with van der Waals surface area (Å²) in [6, 6.07) is 76.5. The van der Waals surface area contributed by atoms with Crippen LogP contribution in [0.15, 0.2) is 217 Å². The van der Waals surface area contributed by atoms with Gasteiger partial charge in [-0.25, -0.2) is 0 Å². The molecule has 0 N–H and O–H groups in total. The molecule has 262 valence electrons. The van der Waals surface area contributed by atoms with Crippen molar-refractivity contribution in [3.05, 3.63) is 212 Å². The largest absolute Gasteiger partial charge is 0.455 e. The van der Waals surface area contributed by atoms with Crippen molar-refractivity contribution in [2.75, 3.05) is 4.90 Å². The Balaban J connectivity index is 1.10. The first kappa shape index (κ1) is 32.0. The Kier molecular flexibility index (Phi) is 7.53. The van der Waals surface area contributed by atoms with Crippen molar-refractivity contribution in [2.24, 2.45) is 0 Å². The van der Waals surface area contributed by atoms with Gasteiger partial charge in [0, 0.05) is 32.9 Å². The minimum Gasteiger partial charge on any atom is -0.455 e. The van der Waals surface area contributed by atoms with Gasteiger partial charge in [0.05, 0.1) is 5.69 Å². The fourth-order valence-electron chi connectivity index (χ4n) is 8.62. The van der Waals surface area contributed by atoms with Crippen molar-refractivity contribution in [3.8, 4) is 33.4 Å². The molecule has 56 heavy (non-hydrogen) atoms. The van der Waals surface area contributed by atoms with E-state index in [1.54, 1.807) is 0 Å². The Bertz CT molecular complexity index is 3230. The number of hydrogen-bond acceptors (Lipinski definition) is 2. The number of hydrogen-bond donors (Lipinski definition) is 0. The molecule has 11 rings (SSSR count). The first-order chi connectivity index (χ1) is 27.8. The predicted molar refractivity (Wildman–Crippen MR) is 237 cm³/mol. The molecule has 0 unspecified atom stereocenters. The summed E-state index contributed by atoms with van der Waals surface area (Å²) in [5.74, 6) is 0. The first-order valence-corrected chi connectivity index (χ1v) is 19.2. The van der Waals surface area contributed by atoms with Crippen molar-refractivity contribution in [1.82, 2.24) is 0 Å². The summed E-state index contributed by atoms with van der Waals surface area (Å²) in [6.45, 7) is 0. The van der Waals surface area contributed by atoms with Crippen LogP contribution in [-0.2, 0) is 0 Å². The summed E-state index contributed by atoms with van der Waals surface area (Å²) >= 11 is 0. The van der Waals surface area contributed by atoms with Gasteiger partial charge in [-0.3, -0.25) is 0 Å². The molecule has 1 aromatic heterocycles. The van der Waals surface area contributed by atoms with Gasteiger partial charge in [0.2, 0.25) is 0 Å². The van der Waals surface area contributed by atoms with E-state index in [-0.39, 0.29) is 0 Å². The van der Waals surface area contributed by atoms with Crippen LogP contribution in [0.25, 0.3) is 87.6 Å². The molecule has 0 aliphatic rings. The Morgan fingerprint density at radius 3 is 1.50 bits per heavy atom. The normalized spacial score (nSPS) is 11.6. The second-order valence-electron chi connectivity index (χ2n) is 14.4. The third kappa shape index (κ3) is 5.26. The van der Waals surface area contributed by atoms with Gasteiger partial charge in [0.15, 0.2) is 0 Å². The molecule has 1 heterocycles. The van der Waals surface area contributed by atoms with E-state index < -0.39 is 0 Å². The molecule has 0 atom stereocenters. The molecule has 0 radical (unpaired) electrons. The Hall–Kier alpha value is -7.42. The van der Waals surface area contributed by atoms with Gasteiger partial charge in [-0.1, -0.05) is 170 Å². The van der Waals surface area contributed by atoms with Crippen LogP contribution in [0, 0.1) is 0 Å². The van der Waals surface area contributed by atoms with Crippen LogP contribution in [0.2, 0.25) is 0 Å². The minimum absolute atomic E-state index is 0.893. The highest BCUT2D eigenvalue weighted by atomic mass is 16.3. The number of nitrogens with zero attached hydrogens (tertiary/aromatic N) is 1. The van der Waals surface area contributed by atoms with Crippen LogP contribution < -0.4 is 4.90 Å². The molecule has 0 fully saturated rings. The molecule has 0 saturated heterocycles. The Morgan fingerprint density at radius 2 is 0.804 bits per heavy atom. The van der Waals surface area contributed by atoms with Crippen LogP contribution in [0.4, 0.5) is 17.1 Å².